The Kier molecular flexibility index (Phi) is 4.01. The highest BCUT2D eigenvalue weighted by Crippen LogP contribution is 2.32. The molecule has 2 unspecified atom stereocenters. The van der Waals surface area contributed by atoms with Gasteiger partial charge in [-0.2, -0.15) is 5.26 Å². The van der Waals surface area contributed by atoms with Crippen LogP contribution in [-0.4, -0.2) is 38.6 Å². The summed E-state index contributed by atoms with van der Waals surface area (Å²) in [7, 11) is 0. The Bertz CT molecular complexity index is 529. The molecule has 2 aliphatic rings. The highest BCUT2D eigenvalue weighted by atomic mass is 15.3. The normalized spacial score (nSPS) is 30.1. The van der Waals surface area contributed by atoms with Gasteiger partial charge in [0.2, 0.25) is 0 Å². The van der Waals surface area contributed by atoms with Crippen molar-refractivity contribution >= 4 is 0 Å². The Hall–Kier alpha value is -1.38. The molecule has 5 heteroatoms. The predicted octanol–water partition coefficient (Wildman–Crippen LogP) is 1.90. The van der Waals surface area contributed by atoms with E-state index in [0.717, 1.165) is 44.7 Å². The predicted molar refractivity (Wildman–Crippen MR) is 81.5 cm³/mol. The first-order valence-electron chi connectivity index (χ1n) is 8.05. The van der Waals surface area contributed by atoms with E-state index in [1.807, 2.05) is 6.20 Å². The first-order valence-corrected chi connectivity index (χ1v) is 8.05. The molecule has 1 aliphatic carbocycles. The number of hydrogen-bond donors (Lipinski definition) is 1. The summed E-state index contributed by atoms with van der Waals surface area (Å²) >= 11 is 0. The van der Waals surface area contributed by atoms with Crippen molar-refractivity contribution in [2.45, 2.75) is 70.2 Å². The second kappa shape index (κ2) is 5.78. The summed E-state index contributed by atoms with van der Waals surface area (Å²) in [5, 5.41) is 13.2. The van der Waals surface area contributed by atoms with Gasteiger partial charge in [-0.1, -0.05) is 0 Å². The lowest BCUT2D eigenvalue weighted by molar-refractivity contribution is 0.0905. The lowest BCUT2D eigenvalue weighted by Gasteiger charge is -2.43. The summed E-state index contributed by atoms with van der Waals surface area (Å²) in [6.45, 7) is 7.25. The molecule has 0 bridgehead atoms. The average molecular weight is 287 g/mol. The highest BCUT2D eigenvalue weighted by Gasteiger charge is 2.39. The molecule has 1 aromatic rings. The maximum atomic E-state index is 9.68. The fraction of sp³-hybridized carbons (Fsp3) is 0.750. The average Bonchev–Trinajstić information content (AvgIpc) is 2.94. The van der Waals surface area contributed by atoms with Gasteiger partial charge < -0.3 is 4.57 Å². The van der Waals surface area contributed by atoms with Gasteiger partial charge in [-0.05, 0) is 39.5 Å². The molecule has 1 aliphatic heterocycles. The minimum atomic E-state index is -0.343. The van der Waals surface area contributed by atoms with Crippen LogP contribution in [0.15, 0.2) is 12.4 Å². The lowest BCUT2D eigenvalue weighted by Crippen LogP contribution is -2.55. The molecule has 2 heterocycles. The molecule has 0 radical (unpaired) electrons. The minimum absolute atomic E-state index is 0.343. The summed E-state index contributed by atoms with van der Waals surface area (Å²) in [6, 6.07) is 3.42. The Morgan fingerprint density at radius 2 is 2.33 bits per heavy atom. The fourth-order valence-electron chi connectivity index (χ4n) is 3.88. The van der Waals surface area contributed by atoms with E-state index in [0.29, 0.717) is 12.1 Å². The van der Waals surface area contributed by atoms with Crippen molar-refractivity contribution in [1.29, 1.82) is 5.26 Å². The Morgan fingerprint density at radius 1 is 1.48 bits per heavy atom. The van der Waals surface area contributed by atoms with Crippen molar-refractivity contribution in [2.75, 3.05) is 6.54 Å². The second-order valence-electron chi connectivity index (χ2n) is 6.75. The van der Waals surface area contributed by atoms with Crippen LogP contribution >= 0.6 is 0 Å². The smallest absolute Gasteiger partial charge is 0.122 e. The van der Waals surface area contributed by atoms with Crippen LogP contribution in [0.5, 0.6) is 0 Å². The van der Waals surface area contributed by atoms with Gasteiger partial charge in [-0.3, -0.25) is 10.2 Å². The first-order chi connectivity index (χ1) is 10.1. The monoisotopic (exact) mass is 287 g/mol. The summed E-state index contributed by atoms with van der Waals surface area (Å²) in [4.78, 5) is 6.97. The molecule has 0 saturated heterocycles. The van der Waals surface area contributed by atoms with Crippen molar-refractivity contribution in [3.05, 3.63) is 18.2 Å². The lowest BCUT2D eigenvalue weighted by atomic mass is 9.78. The van der Waals surface area contributed by atoms with Crippen LogP contribution in [0, 0.1) is 11.3 Å². The second-order valence-corrected chi connectivity index (χ2v) is 6.75. The number of rotatable bonds is 3. The zero-order valence-electron chi connectivity index (χ0n) is 13.0. The topological polar surface area (TPSA) is 56.9 Å². The summed E-state index contributed by atoms with van der Waals surface area (Å²) < 4.78 is 2.24. The molecule has 1 fully saturated rings. The van der Waals surface area contributed by atoms with Gasteiger partial charge in [0.1, 0.15) is 11.4 Å². The van der Waals surface area contributed by atoms with Gasteiger partial charge in [-0.15, -0.1) is 0 Å². The maximum absolute atomic E-state index is 9.68. The van der Waals surface area contributed by atoms with Crippen LogP contribution < -0.4 is 5.32 Å². The molecule has 1 N–H and O–H groups in total. The van der Waals surface area contributed by atoms with Crippen LogP contribution in [0.2, 0.25) is 0 Å². The van der Waals surface area contributed by atoms with Crippen molar-refractivity contribution < 1.29 is 0 Å². The van der Waals surface area contributed by atoms with Crippen LogP contribution in [-0.2, 0) is 13.1 Å². The van der Waals surface area contributed by atoms with Crippen molar-refractivity contribution in [1.82, 2.24) is 19.8 Å². The molecule has 0 spiro atoms. The fourth-order valence-corrected chi connectivity index (χ4v) is 3.88. The standard InChI is InChI=1S/C16H25N5/c1-13(2)19-16(12-17)5-3-4-14(10-16)21-9-8-20-7-6-18-15(20)11-21/h6-7,13-14,19H,3-5,8-11H2,1-2H3. The van der Waals surface area contributed by atoms with Gasteiger partial charge in [0.25, 0.3) is 0 Å². The van der Waals surface area contributed by atoms with Gasteiger partial charge in [0.15, 0.2) is 0 Å². The quantitative estimate of drug-likeness (QED) is 0.922. The van der Waals surface area contributed by atoms with E-state index in [2.05, 4.69) is 45.9 Å². The number of imidazole rings is 1. The Balaban J connectivity index is 1.70. The number of nitriles is 1. The van der Waals surface area contributed by atoms with Crippen molar-refractivity contribution in [3.8, 4) is 6.07 Å². The van der Waals surface area contributed by atoms with E-state index < -0.39 is 0 Å². The van der Waals surface area contributed by atoms with E-state index in [-0.39, 0.29) is 5.54 Å². The van der Waals surface area contributed by atoms with Gasteiger partial charge in [-0.25, -0.2) is 4.98 Å². The molecule has 114 valence electrons. The minimum Gasteiger partial charge on any atom is -0.333 e. The largest absolute Gasteiger partial charge is 0.333 e. The van der Waals surface area contributed by atoms with E-state index in [1.165, 1.54) is 6.42 Å². The van der Waals surface area contributed by atoms with E-state index in [4.69, 9.17) is 0 Å². The van der Waals surface area contributed by atoms with Crippen molar-refractivity contribution in [3.63, 3.8) is 0 Å². The van der Waals surface area contributed by atoms with E-state index in [1.54, 1.807) is 0 Å². The number of fused-ring (bicyclic) bond motifs is 1. The zero-order valence-corrected chi connectivity index (χ0v) is 13.0. The molecule has 3 rings (SSSR count). The van der Waals surface area contributed by atoms with Crippen LogP contribution in [0.3, 0.4) is 0 Å². The van der Waals surface area contributed by atoms with Crippen LogP contribution in [0.1, 0.15) is 45.4 Å². The zero-order chi connectivity index (χ0) is 14.9. The number of nitrogens with one attached hydrogen (secondary N) is 1. The molecule has 0 amide bonds. The third-order valence-electron chi connectivity index (χ3n) is 4.79. The number of aromatic nitrogens is 2. The molecular weight excluding hydrogens is 262 g/mol. The molecule has 1 saturated carbocycles. The summed E-state index contributed by atoms with van der Waals surface area (Å²) in [5.41, 5.74) is -0.343. The van der Waals surface area contributed by atoms with Gasteiger partial charge in [0.05, 0.1) is 12.6 Å². The van der Waals surface area contributed by atoms with Gasteiger partial charge in [0, 0.05) is 37.6 Å². The third kappa shape index (κ3) is 2.97. The van der Waals surface area contributed by atoms with Crippen LogP contribution in [0.25, 0.3) is 0 Å². The van der Waals surface area contributed by atoms with Crippen molar-refractivity contribution in [2.24, 2.45) is 0 Å². The molecular formula is C16H25N5. The van der Waals surface area contributed by atoms with E-state index >= 15 is 0 Å². The molecule has 5 nitrogen and oxygen atoms in total. The first kappa shape index (κ1) is 14.6. The Morgan fingerprint density at radius 3 is 3.10 bits per heavy atom. The Labute approximate surface area is 127 Å². The number of nitrogens with zero attached hydrogens (tertiary/aromatic N) is 4. The SMILES string of the molecule is CC(C)NC1(C#N)CCCC(N2CCn3ccnc3C2)C1. The van der Waals surface area contributed by atoms with Gasteiger partial charge >= 0.3 is 0 Å². The summed E-state index contributed by atoms with van der Waals surface area (Å²) in [5.74, 6) is 1.16. The molecule has 21 heavy (non-hydrogen) atoms. The van der Waals surface area contributed by atoms with E-state index in [9.17, 15) is 5.26 Å². The molecule has 1 aromatic heterocycles. The number of hydrogen-bond acceptors (Lipinski definition) is 4. The summed E-state index contributed by atoms with van der Waals surface area (Å²) in [6.07, 6.45) is 8.18. The molecule has 2 atom stereocenters. The highest BCUT2D eigenvalue weighted by molar-refractivity contribution is 5.12. The third-order valence-corrected chi connectivity index (χ3v) is 4.79. The maximum Gasteiger partial charge on any atom is 0.122 e. The molecule has 0 aromatic carbocycles. The van der Waals surface area contributed by atoms with Crippen LogP contribution in [0.4, 0.5) is 0 Å².